The summed E-state index contributed by atoms with van der Waals surface area (Å²) in [4.78, 5) is 2.65. The lowest BCUT2D eigenvalue weighted by Gasteiger charge is -2.46. The molecule has 0 aliphatic rings. The number of halogens is 10. The highest BCUT2D eigenvalue weighted by molar-refractivity contribution is 6.80. The molecule has 0 aliphatic heterocycles. The zero-order valence-electron chi connectivity index (χ0n) is 13.8. The van der Waals surface area contributed by atoms with Crippen LogP contribution in [0.25, 0.3) is 0 Å². The highest BCUT2D eigenvalue weighted by Crippen LogP contribution is 2.51. The highest BCUT2D eigenvalue weighted by atomic mass is 28.4. The molecule has 0 aliphatic carbocycles. The van der Waals surface area contributed by atoms with E-state index in [0.717, 1.165) is 13.8 Å². The molecular weight excluding hydrogens is 390 g/mol. The number of hydrogen-bond acceptors (Lipinski definition) is 2. The minimum absolute atomic E-state index is 0.237. The Bertz CT molecular complexity index is 395. The van der Waals surface area contributed by atoms with Crippen molar-refractivity contribution in [2.75, 3.05) is 0 Å². The molecule has 0 aromatic carbocycles. The van der Waals surface area contributed by atoms with Gasteiger partial charge in [0.1, 0.15) is 0 Å². The second-order valence-corrected chi connectivity index (χ2v) is 9.13. The Morgan fingerprint density at radius 3 is 1.04 bits per heavy atom. The van der Waals surface area contributed by atoms with E-state index in [1.165, 1.54) is 23.8 Å². The van der Waals surface area contributed by atoms with Gasteiger partial charge < -0.3 is 9.96 Å². The van der Waals surface area contributed by atoms with Crippen LogP contribution in [0.1, 0.15) is 40.5 Å². The van der Waals surface area contributed by atoms with Gasteiger partial charge in [-0.25, -0.2) is 0 Å². The van der Waals surface area contributed by atoms with Crippen LogP contribution in [0, 0.1) is 0 Å². The zero-order chi connectivity index (χ0) is 20.5. The molecule has 2 unspecified atom stereocenters. The van der Waals surface area contributed by atoms with Crippen LogP contribution in [0.5, 0.6) is 0 Å². The van der Waals surface area contributed by atoms with Gasteiger partial charge in [0.25, 0.3) is 0 Å². The number of alkyl halides is 10. The molecule has 0 saturated heterocycles. The summed E-state index contributed by atoms with van der Waals surface area (Å²) in [5.41, 5.74) is -12.6. The Morgan fingerprint density at radius 1 is 0.640 bits per heavy atom. The second-order valence-electron chi connectivity index (χ2n) is 5.80. The molecule has 2 atom stereocenters. The van der Waals surface area contributed by atoms with Crippen molar-refractivity contribution in [1.82, 2.24) is 9.96 Å². The van der Waals surface area contributed by atoms with Gasteiger partial charge in [0, 0.05) is 0 Å². The van der Waals surface area contributed by atoms with E-state index in [4.69, 9.17) is 0 Å². The molecular formula is C12H20F10N2Si. The van der Waals surface area contributed by atoms with Crippen LogP contribution in [-0.4, -0.2) is 43.9 Å². The van der Waals surface area contributed by atoms with E-state index < -0.39 is 43.9 Å². The van der Waals surface area contributed by atoms with Crippen LogP contribution in [0.15, 0.2) is 0 Å². The van der Waals surface area contributed by atoms with Crippen LogP contribution < -0.4 is 9.96 Å². The normalized spacial score (nSPS) is 17.5. The van der Waals surface area contributed by atoms with Gasteiger partial charge in [-0.1, -0.05) is 27.7 Å². The van der Waals surface area contributed by atoms with Crippen LogP contribution in [0.3, 0.4) is 0 Å². The third kappa shape index (κ3) is 4.41. The van der Waals surface area contributed by atoms with E-state index >= 15 is 0 Å². The Morgan fingerprint density at radius 2 is 0.880 bits per heavy atom. The molecule has 25 heavy (non-hydrogen) atoms. The monoisotopic (exact) mass is 410 g/mol. The molecule has 0 fully saturated rings. The first kappa shape index (κ1) is 24.4. The summed E-state index contributed by atoms with van der Waals surface area (Å²) >= 11 is 0. The second kappa shape index (κ2) is 7.59. The van der Waals surface area contributed by atoms with Gasteiger partial charge >= 0.3 is 31.8 Å². The van der Waals surface area contributed by atoms with E-state index in [1.54, 1.807) is 0 Å². The third-order valence-electron chi connectivity index (χ3n) is 3.80. The van der Waals surface area contributed by atoms with Crippen molar-refractivity contribution in [1.29, 1.82) is 0 Å². The first-order valence-electron chi connectivity index (χ1n) is 7.35. The van der Waals surface area contributed by atoms with E-state index in [-0.39, 0.29) is 12.8 Å². The van der Waals surface area contributed by atoms with Crippen molar-refractivity contribution in [3.8, 4) is 0 Å². The molecule has 0 spiro atoms. The van der Waals surface area contributed by atoms with Gasteiger partial charge in [-0.15, -0.1) is 0 Å². The van der Waals surface area contributed by atoms with Gasteiger partial charge in [-0.2, -0.15) is 43.9 Å². The lowest BCUT2D eigenvalue weighted by molar-refractivity contribution is -0.279. The summed E-state index contributed by atoms with van der Waals surface area (Å²) in [7, 11) is -7.11. The number of hydrogen-bond donors (Lipinski definition) is 2. The van der Waals surface area contributed by atoms with Gasteiger partial charge in [-0.05, 0) is 24.9 Å². The van der Waals surface area contributed by atoms with Crippen LogP contribution in [0.4, 0.5) is 43.9 Å². The SMILES string of the molecule is CCC(C)N[Si](NC(C)CC)(C(F)(F)C(F)(F)F)C(F)(F)C(F)(F)F. The molecule has 0 aromatic heterocycles. The first-order valence-corrected chi connectivity index (χ1v) is 9.35. The van der Waals surface area contributed by atoms with Gasteiger partial charge in [-0.3, -0.25) is 0 Å². The molecule has 13 heteroatoms. The maximum atomic E-state index is 14.1. The predicted octanol–water partition coefficient (Wildman–Crippen LogP) is 4.68. The molecule has 0 rings (SSSR count). The minimum Gasteiger partial charge on any atom is -0.314 e. The average molecular weight is 410 g/mol. The first-order chi connectivity index (χ1) is 10.9. The van der Waals surface area contributed by atoms with Crippen LogP contribution in [-0.2, 0) is 0 Å². The molecule has 0 heterocycles. The molecule has 2 nitrogen and oxygen atoms in total. The van der Waals surface area contributed by atoms with E-state index in [9.17, 15) is 43.9 Å². The Labute approximate surface area is 139 Å². The van der Waals surface area contributed by atoms with Crippen molar-refractivity contribution in [2.24, 2.45) is 0 Å². The molecule has 2 N–H and O–H groups in total. The smallest absolute Gasteiger partial charge is 0.314 e. The summed E-state index contributed by atoms with van der Waals surface area (Å²) < 4.78 is 134. The fourth-order valence-corrected chi connectivity index (χ4v) is 5.91. The van der Waals surface area contributed by atoms with Crippen LogP contribution in [0.2, 0.25) is 0 Å². The van der Waals surface area contributed by atoms with Crippen molar-refractivity contribution >= 4 is 8.40 Å². The summed E-state index contributed by atoms with van der Waals surface area (Å²) in [5.74, 6) is 0. The van der Waals surface area contributed by atoms with Crippen molar-refractivity contribution in [3.05, 3.63) is 0 Å². The predicted molar refractivity (Wildman–Crippen MR) is 73.5 cm³/mol. The van der Waals surface area contributed by atoms with Gasteiger partial charge in [0.2, 0.25) is 0 Å². The van der Waals surface area contributed by atoms with E-state index in [0.29, 0.717) is 0 Å². The summed E-state index contributed by atoms with van der Waals surface area (Å²) in [5, 5.41) is 0. The number of rotatable bonds is 8. The molecule has 0 radical (unpaired) electrons. The Kier molecular flexibility index (Phi) is 7.42. The fourth-order valence-electron chi connectivity index (χ4n) is 1.97. The topological polar surface area (TPSA) is 24.1 Å². The molecule has 0 aromatic rings. The lowest BCUT2D eigenvalue weighted by Crippen LogP contribution is -2.89. The fraction of sp³-hybridized carbons (Fsp3) is 1.00. The van der Waals surface area contributed by atoms with Crippen molar-refractivity contribution in [3.63, 3.8) is 0 Å². The Hall–Kier alpha value is -0.563. The summed E-state index contributed by atoms with van der Waals surface area (Å²) in [6, 6.07) is -2.88. The lowest BCUT2D eigenvalue weighted by atomic mass is 10.3. The summed E-state index contributed by atoms with van der Waals surface area (Å²) in [6.07, 6.45) is -13.7. The molecule has 0 saturated carbocycles. The quantitative estimate of drug-likeness (QED) is 0.449. The Balaban J connectivity index is 6.75. The maximum Gasteiger partial charge on any atom is 0.452 e. The summed E-state index contributed by atoms with van der Waals surface area (Å²) in [6.45, 7) is 4.41. The molecule has 0 amide bonds. The van der Waals surface area contributed by atoms with Crippen molar-refractivity contribution < 1.29 is 43.9 Å². The van der Waals surface area contributed by atoms with Crippen molar-refractivity contribution in [2.45, 2.75) is 76.1 Å². The highest BCUT2D eigenvalue weighted by Gasteiger charge is 2.87. The molecule has 0 bridgehead atoms. The average Bonchev–Trinajstić information content (AvgIpc) is 2.43. The third-order valence-corrected chi connectivity index (χ3v) is 8.11. The standard InChI is InChI=1S/C12H20F10N2Si/c1-5-7(3)23-25(24-8(4)6-2,11(19,20)9(13,14)15)12(21,22)10(16,17)18/h7-8,23-24H,5-6H2,1-4H3. The maximum absolute atomic E-state index is 14.1. The van der Waals surface area contributed by atoms with Gasteiger partial charge in [0.05, 0.1) is 0 Å². The van der Waals surface area contributed by atoms with E-state index in [1.807, 2.05) is 0 Å². The number of nitrogens with one attached hydrogen (secondary N) is 2. The zero-order valence-corrected chi connectivity index (χ0v) is 14.8. The largest absolute Gasteiger partial charge is 0.452 e. The van der Waals surface area contributed by atoms with Crippen LogP contribution >= 0.6 is 0 Å². The molecule has 152 valence electrons. The minimum atomic E-state index is -7.11. The van der Waals surface area contributed by atoms with Gasteiger partial charge in [0.15, 0.2) is 0 Å². The van der Waals surface area contributed by atoms with E-state index in [2.05, 4.69) is 0 Å².